The summed E-state index contributed by atoms with van der Waals surface area (Å²) in [4.78, 5) is 24.5. The lowest BCUT2D eigenvalue weighted by molar-refractivity contribution is -0.142. The summed E-state index contributed by atoms with van der Waals surface area (Å²) in [5.74, 6) is -0.746. The minimum Gasteiger partial charge on any atom is -0.481 e. The highest BCUT2D eigenvalue weighted by Gasteiger charge is 2.35. The molecule has 0 aromatic carbocycles. The Labute approximate surface area is 111 Å². The molecule has 18 heavy (non-hydrogen) atoms. The maximum Gasteiger partial charge on any atom is 0.317 e. The second kappa shape index (κ2) is 6.84. The number of aliphatic carboxylic acids is 1. The van der Waals surface area contributed by atoms with Gasteiger partial charge in [-0.3, -0.25) is 4.79 Å². The molecule has 0 bridgehead atoms. The molecule has 6 nitrogen and oxygen atoms in total. The van der Waals surface area contributed by atoms with Gasteiger partial charge in [0.05, 0.1) is 19.3 Å². The van der Waals surface area contributed by atoms with Crippen molar-refractivity contribution in [1.29, 1.82) is 0 Å². The largest absolute Gasteiger partial charge is 0.481 e. The van der Waals surface area contributed by atoms with Crippen LogP contribution in [-0.2, 0) is 9.53 Å². The van der Waals surface area contributed by atoms with Gasteiger partial charge in [-0.15, -0.1) is 0 Å². The fraction of sp³-hybridized carbons (Fsp3) is 0.818. The van der Waals surface area contributed by atoms with E-state index in [4.69, 9.17) is 9.84 Å². The lowest BCUT2D eigenvalue weighted by Gasteiger charge is -2.27. The Bertz CT molecular complexity index is 313. The van der Waals surface area contributed by atoms with E-state index in [2.05, 4.69) is 5.32 Å². The molecule has 1 saturated heterocycles. The van der Waals surface area contributed by atoms with Crippen LogP contribution in [0.4, 0.5) is 4.79 Å². The Hall–Kier alpha value is -0.950. The Morgan fingerprint density at radius 2 is 2.22 bits per heavy atom. The molecule has 2 amide bonds. The fourth-order valence-corrected chi connectivity index (χ4v) is 2.46. The molecule has 1 aliphatic heterocycles. The molecular weight excluding hydrogens is 256 g/mol. The average Bonchev–Trinajstić information content (AvgIpc) is 2.76. The highest BCUT2D eigenvalue weighted by molar-refractivity contribution is 7.98. The predicted octanol–water partition coefficient (Wildman–Crippen LogP) is 0.479. The minimum atomic E-state index is -0.933. The summed E-state index contributed by atoms with van der Waals surface area (Å²) in [6, 6.07) is -0.595. The van der Waals surface area contributed by atoms with E-state index in [-0.39, 0.29) is 25.3 Å². The lowest BCUT2D eigenvalue weighted by Crippen LogP contribution is -2.50. The summed E-state index contributed by atoms with van der Waals surface area (Å²) in [7, 11) is 1.71. The van der Waals surface area contributed by atoms with E-state index < -0.39 is 17.9 Å². The number of amides is 2. The zero-order valence-electron chi connectivity index (χ0n) is 10.9. The van der Waals surface area contributed by atoms with Gasteiger partial charge in [0.1, 0.15) is 5.92 Å². The summed E-state index contributed by atoms with van der Waals surface area (Å²) in [6.07, 6.45) is 1.98. The minimum absolute atomic E-state index is 0.102. The third kappa shape index (κ3) is 3.78. The van der Waals surface area contributed by atoms with Crippen molar-refractivity contribution in [2.24, 2.45) is 5.92 Å². The molecule has 0 saturated carbocycles. The van der Waals surface area contributed by atoms with Gasteiger partial charge in [-0.05, 0) is 13.2 Å². The number of hydrogen-bond donors (Lipinski definition) is 2. The molecule has 1 rings (SSSR count). The van der Waals surface area contributed by atoms with Gasteiger partial charge < -0.3 is 20.1 Å². The number of carbonyl (C=O) groups excluding carboxylic acids is 1. The molecule has 7 heteroatoms. The normalized spacial score (nSPS) is 24.6. The number of nitrogens with one attached hydrogen (secondary N) is 1. The molecule has 0 aromatic rings. The van der Waals surface area contributed by atoms with Crippen molar-refractivity contribution in [1.82, 2.24) is 10.2 Å². The number of hydrogen-bond acceptors (Lipinski definition) is 4. The van der Waals surface area contributed by atoms with Crippen molar-refractivity contribution in [3.05, 3.63) is 0 Å². The molecule has 104 valence electrons. The van der Waals surface area contributed by atoms with Crippen LogP contribution in [0.1, 0.15) is 6.92 Å². The van der Waals surface area contributed by atoms with Gasteiger partial charge in [0.15, 0.2) is 0 Å². The van der Waals surface area contributed by atoms with Crippen molar-refractivity contribution in [3.63, 3.8) is 0 Å². The first-order valence-corrected chi connectivity index (χ1v) is 7.19. The first kappa shape index (κ1) is 15.1. The molecule has 2 N–H and O–H groups in total. The smallest absolute Gasteiger partial charge is 0.317 e. The molecular formula is C11H20N2O4S. The van der Waals surface area contributed by atoms with Gasteiger partial charge in [0.2, 0.25) is 0 Å². The second-order valence-electron chi connectivity index (χ2n) is 4.45. The van der Waals surface area contributed by atoms with Crippen LogP contribution in [0.15, 0.2) is 0 Å². The summed E-state index contributed by atoms with van der Waals surface area (Å²) in [5.41, 5.74) is 0. The van der Waals surface area contributed by atoms with Crippen molar-refractivity contribution < 1.29 is 19.4 Å². The number of thioether (sulfide) groups is 1. The van der Waals surface area contributed by atoms with Crippen molar-refractivity contribution in [2.75, 3.05) is 32.3 Å². The molecule has 0 aliphatic carbocycles. The SMILES string of the molecule is CSCC(C)N(C)C(=O)NC1COCC1C(=O)O. The van der Waals surface area contributed by atoms with Crippen LogP contribution in [0.5, 0.6) is 0 Å². The van der Waals surface area contributed by atoms with Crippen LogP contribution in [0.3, 0.4) is 0 Å². The van der Waals surface area contributed by atoms with Gasteiger partial charge in [-0.1, -0.05) is 0 Å². The summed E-state index contributed by atoms with van der Waals surface area (Å²) in [5, 5.41) is 11.7. The maximum atomic E-state index is 11.9. The molecule has 0 radical (unpaired) electrons. The molecule has 0 aromatic heterocycles. The Morgan fingerprint density at radius 3 is 2.78 bits per heavy atom. The van der Waals surface area contributed by atoms with Crippen molar-refractivity contribution >= 4 is 23.8 Å². The number of urea groups is 1. The molecule has 0 spiro atoms. The molecule has 3 atom stereocenters. The molecule has 1 aliphatic rings. The zero-order chi connectivity index (χ0) is 13.7. The van der Waals surface area contributed by atoms with Crippen LogP contribution in [0, 0.1) is 5.92 Å². The molecule has 1 fully saturated rings. The molecule has 1 heterocycles. The third-order valence-corrected chi connectivity index (χ3v) is 3.91. The standard InChI is InChI=1S/C11H20N2O4S/c1-7(6-18-3)13(2)11(16)12-9-5-17-4-8(9)10(14)15/h7-9H,4-6H2,1-3H3,(H,12,16)(H,14,15). The van der Waals surface area contributed by atoms with Crippen LogP contribution in [-0.4, -0.2) is 66.4 Å². The van der Waals surface area contributed by atoms with Crippen LogP contribution in [0.25, 0.3) is 0 Å². The fourth-order valence-electron chi connectivity index (χ4n) is 1.75. The predicted molar refractivity (Wildman–Crippen MR) is 69.9 cm³/mol. The highest BCUT2D eigenvalue weighted by atomic mass is 32.2. The number of nitrogens with zero attached hydrogens (tertiary/aromatic N) is 1. The van der Waals surface area contributed by atoms with Crippen molar-refractivity contribution in [2.45, 2.75) is 19.0 Å². The lowest BCUT2D eigenvalue weighted by atomic mass is 10.0. The highest BCUT2D eigenvalue weighted by Crippen LogP contribution is 2.14. The Balaban J connectivity index is 2.51. The monoisotopic (exact) mass is 276 g/mol. The number of carbonyl (C=O) groups is 2. The van der Waals surface area contributed by atoms with Crippen LogP contribution < -0.4 is 5.32 Å². The van der Waals surface area contributed by atoms with E-state index in [0.29, 0.717) is 0 Å². The third-order valence-electron chi connectivity index (χ3n) is 3.10. The summed E-state index contributed by atoms with van der Waals surface area (Å²) < 4.78 is 5.10. The average molecular weight is 276 g/mol. The summed E-state index contributed by atoms with van der Waals surface area (Å²) in [6.45, 7) is 2.37. The van der Waals surface area contributed by atoms with Gasteiger partial charge >= 0.3 is 12.0 Å². The van der Waals surface area contributed by atoms with Gasteiger partial charge in [-0.2, -0.15) is 11.8 Å². The first-order valence-electron chi connectivity index (χ1n) is 5.80. The van der Waals surface area contributed by atoms with Crippen molar-refractivity contribution in [3.8, 4) is 0 Å². The Kier molecular flexibility index (Phi) is 5.74. The van der Waals surface area contributed by atoms with Crippen LogP contribution in [0.2, 0.25) is 0 Å². The van der Waals surface area contributed by atoms with E-state index in [9.17, 15) is 9.59 Å². The number of carboxylic acids is 1. The van der Waals surface area contributed by atoms with E-state index in [0.717, 1.165) is 5.75 Å². The van der Waals surface area contributed by atoms with E-state index in [1.54, 1.807) is 23.7 Å². The molecule has 3 unspecified atom stereocenters. The second-order valence-corrected chi connectivity index (χ2v) is 5.36. The van der Waals surface area contributed by atoms with Gasteiger partial charge in [0.25, 0.3) is 0 Å². The van der Waals surface area contributed by atoms with E-state index in [1.807, 2.05) is 13.2 Å². The van der Waals surface area contributed by atoms with Gasteiger partial charge in [-0.25, -0.2) is 4.79 Å². The quantitative estimate of drug-likeness (QED) is 0.763. The van der Waals surface area contributed by atoms with E-state index >= 15 is 0 Å². The number of rotatable bonds is 5. The number of carboxylic acid groups (broad SMARTS) is 1. The first-order chi connectivity index (χ1) is 8.47. The zero-order valence-corrected chi connectivity index (χ0v) is 11.7. The Morgan fingerprint density at radius 1 is 1.56 bits per heavy atom. The topological polar surface area (TPSA) is 78.9 Å². The van der Waals surface area contributed by atoms with Crippen LogP contribution >= 0.6 is 11.8 Å². The summed E-state index contributed by atoms with van der Waals surface area (Å²) >= 11 is 1.66. The van der Waals surface area contributed by atoms with E-state index in [1.165, 1.54) is 0 Å². The maximum absolute atomic E-state index is 11.9. The number of ether oxygens (including phenoxy) is 1. The van der Waals surface area contributed by atoms with Gasteiger partial charge in [0, 0.05) is 18.8 Å².